The summed E-state index contributed by atoms with van der Waals surface area (Å²) in [7, 11) is 1.81. The molecular formula is C15H23F2N. The van der Waals surface area contributed by atoms with Crippen molar-refractivity contribution >= 4 is 0 Å². The zero-order valence-corrected chi connectivity index (χ0v) is 11.9. The third kappa shape index (κ3) is 4.05. The summed E-state index contributed by atoms with van der Waals surface area (Å²) in [5.74, 6) is -0.951. The molecule has 1 aromatic rings. The van der Waals surface area contributed by atoms with Gasteiger partial charge in [0, 0.05) is 17.7 Å². The Balaban J connectivity index is 2.92. The van der Waals surface area contributed by atoms with E-state index >= 15 is 0 Å². The summed E-state index contributed by atoms with van der Waals surface area (Å²) in [6.07, 6.45) is 1.82. The Morgan fingerprint density at radius 2 is 1.78 bits per heavy atom. The summed E-state index contributed by atoms with van der Waals surface area (Å²) in [6, 6.07) is 2.52. The number of aryl methyl sites for hydroxylation is 1. The molecule has 0 heterocycles. The number of nitrogens with one attached hydrogen (secondary N) is 1. The van der Waals surface area contributed by atoms with Gasteiger partial charge in [-0.1, -0.05) is 20.8 Å². The molecule has 1 atom stereocenters. The second-order valence-corrected chi connectivity index (χ2v) is 6.06. The maximum absolute atomic E-state index is 13.8. The summed E-state index contributed by atoms with van der Waals surface area (Å²) in [5, 5.41) is 3.12. The van der Waals surface area contributed by atoms with Crippen LogP contribution in [0.15, 0.2) is 12.1 Å². The summed E-state index contributed by atoms with van der Waals surface area (Å²) in [5.41, 5.74) is 1.25. The van der Waals surface area contributed by atoms with Crippen molar-refractivity contribution in [3.05, 3.63) is 34.9 Å². The molecule has 102 valence electrons. The van der Waals surface area contributed by atoms with Crippen molar-refractivity contribution in [2.75, 3.05) is 7.05 Å². The van der Waals surface area contributed by atoms with Gasteiger partial charge < -0.3 is 5.32 Å². The molecule has 18 heavy (non-hydrogen) atoms. The maximum Gasteiger partial charge on any atom is 0.130 e. The first-order chi connectivity index (χ1) is 8.24. The highest BCUT2D eigenvalue weighted by molar-refractivity contribution is 5.28. The van der Waals surface area contributed by atoms with Crippen LogP contribution in [0.5, 0.6) is 0 Å². The molecule has 0 saturated heterocycles. The van der Waals surface area contributed by atoms with Crippen LogP contribution in [0.3, 0.4) is 0 Å². The van der Waals surface area contributed by atoms with Gasteiger partial charge in [0.05, 0.1) is 0 Å². The number of rotatable bonds is 4. The Morgan fingerprint density at radius 1 is 1.17 bits per heavy atom. The van der Waals surface area contributed by atoms with E-state index in [1.54, 1.807) is 13.0 Å². The van der Waals surface area contributed by atoms with E-state index in [9.17, 15) is 8.78 Å². The average Bonchev–Trinajstić information content (AvgIpc) is 2.24. The molecule has 0 bridgehead atoms. The van der Waals surface area contributed by atoms with Gasteiger partial charge in [-0.2, -0.15) is 0 Å². The quantitative estimate of drug-likeness (QED) is 0.843. The van der Waals surface area contributed by atoms with Crippen LogP contribution in [0.25, 0.3) is 0 Å². The summed E-state index contributed by atoms with van der Waals surface area (Å²) in [6.45, 7) is 8.14. The third-order valence-corrected chi connectivity index (χ3v) is 3.18. The number of hydrogen-bond acceptors (Lipinski definition) is 1. The van der Waals surface area contributed by atoms with Crippen molar-refractivity contribution in [1.82, 2.24) is 5.32 Å². The zero-order chi connectivity index (χ0) is 13.9. The van der Waals surface area contributed by atoms with Gasteiger partial charge in [-0.05, 0) is 43.9 Å². The predicted octanol–water partition coefficient (Wildman–Crippen LogP) is 4.36. The van der Waals surface area contributed by atoms with Gasteiger partial charge >= 0.3 is 0 Å². The van der Waals surface area contributed by atoms with Crippen molar-refractivity contribution in [3.63, 3.8) is 0 Å². The molecule has 1 rings (SSSR count). The fourth-order valence-corrected chi connectivity index (χ4v) is 1.98. The van der Waals surface area contributed by atoms with Gasteiger partial charge in [-0.15, -0.1) is 0 Å². The Labute approximate surface area is 109 Å². The fraction of sp³-hybridized carbons (Fsp3) is 0.600. The molecular weight excluding hydrogens is 232 g/mol. The normalized spacial score (nSPS) is 13.7. The van der Waals surface area contributed by atoms with E-state index in [4.69, 9.17) is 0 Å². The SMILES string of the molecule is CNC(CCC(C)(C)C)c1cc(C)c(F)cc1F. The molecule has 1 unspecified atom stereocenters. The second kappa shape index (κ2) is 5.79. The van der Waals surface area contributed by atoms with E-state index in [1.807, 2.05) is 7.05 Å². The molecule has 1 nitrogen and oxygen atoms in total. The Morgan fingerprint density at radius 3 is 2.28 bits per heavy atom. The Kier molecular flexibility index (Phi) is 4.85. The van der Waals surface area contributed by atoms with E-state index in [2.05, 4.69) is 26.1 Å². The molecule has 0 spiro atoms. The highest BCUT2D eigenvalue weighted by Crippen LogP contribution is 2.29. The summed E-state index contributed by atoms with van der Waals surface area (Å²) in [4.78, 5) is 0. The molecule has 0 radical (unpaired) electrons. The molecule has 1 N–H and O–H groups in total. The van der Waals surface area contributed by atoms with Crippen molar-refractivity contribution in [2.45, 2.75) is 46.6 Å². The molecule has 3 heteroatoms. The monoisotopic (exact) mass is 255 g/mol. The Bertz CT molecular complexity index is 408. The van der Waals surface area contributed by atoms with Gasteiger partial charge in [0.25, 0.3) is 0 Å². The van der Waals surface area contributed by atoms with Crippen LogP contribution < -0.4 is 5.32 Å². The van der Waals surface area contributed by atoms with Crippen LogP contribution in [0.1, 0.15) is 50.8 Å². The van der Waals surface area contributed by atoms with E-state index in [0.717, 1.165) is 18.9 Å². The molecule has 0 fully saturated rings. The van der Waals surface area contributed by atoms with Crippen LogP contribution in [-0.4, -0.2) is 7.05 Å². The van der Waals surface area contributed by atoms with E-state index < -0.39 is 11.6 Å². The van der Waals surface area contributed by atoms with E-state index in [0.29, 0.717) is 11.1 Å². The fourth-order valence-electron chi connectivity index (χ4n) is 1.98. The van der Waals surface area contributed by atoms with Gasteiger partial charge in [0.2, 0.25) is 0 Å². The van der Waals surface area contributed by atoms with E-state index in [-0.39, 0.29) is 11.5 Å². The molecule has 0 amide bonds. The molecule has 0 aliphatic heterocycles. The maximum atomic E-state index is 13.8. The molecule has 0 saturated carbocycles. The summed E-state index contributed by atoms with van der Waals surface area (Å²) >= 11 is 0. The molecule has 0 aromatic heterocycles. The van der Waals surface area contributed by atoms with E-state index in [1.165, 1.54) is 0 Å². The first-order valence-corrected chi connectivity index (χ1v) is 6.37. The average molecular weight is 255 g/mol. The number of benzene rings is 1. The highest BCUT2D eigenvalue weighted by atomic mass is 19.1. The smallest absolute Gasteiger partial charge is 0.130 e. The van der Waals surface area contributed by atoms with Gasteiger partial charge in [-0.3, -0.25) is 0 Å². The van der Waals surface area contributed by atoms with Crippen LogP contribution >= 0.6 is 0 Å². The third-order valence-electron chi connectivity index (χ3n) is 3.18. The lowest BCUT2D eigenvalue weighted by molar-refractivity contribution is 0.334. The largest absolute Gasteiger partial charge is 0.313 e. The van der Waals surface area contributed by atoms with Crippen LogP contribution in [0.4, 0.5) is 8.78 Å². The first-order valence-electron chi connectivity index (χ1n) is 6.37. The predicted molar refractivity (Wildman–Crippen MR) is 71.6 cm³/mol. The van der Waals surface area contributed by atoms with Gasteiger partial charge in [0.15, 0.2) is 0 Å². The van der Waals surface area contributed by atoms with Crippen molar-refractivity contribution in [2.24, 2.45) is 5.41 Å². The second-order valence-electron chi connectivity index (χ2n) is 6.06. The van der Waals surface area contributed by atoms with Crippen LogP contribution in [0.2, 0.25) is 0 Å². The topological polar surface area (TPSA) is 12.0 Å². The minimum atomic E-state index is -0.484. The van der Waals surface area contributed by atoms with Gasteiger partial charge in [-0.25, -0.2) is 8.78 Å². The van der Waals surface area contributed by atoms with Crippen molar-refractivity contribution < 1.29 is 8.78 Å². The minimum Gasteiger partial charge on any atom is -0.313 e. The molecule has 0 aliphatic carbocycles. The number of hydrogen-bond donors (Lipinski definition) is 1. The number of halogens is 2. The standard InChI is InChI=1S/C15H23F2N/c1-10-8-11(13(17)9-12(10)16)14(18-5)6-7-15(2,3)4/h8-9,14,18H,6-7H2,1-5H3. The van der Waals surface area contributed by atoms with Gasteiger partial charge in [0.1, 0.15) is 11.6 Å². The lowest BCUT2D eigenvalue weighted by Gasteiger charge is -2.24. The molecule has 1 aromatic carbocycles. The molecule has 0 aliphatic rings. The van der Waals surface area contributed by atoms with Crippen molar-refractivity contribution in [1.29, 1.82) is 0 Å². The summed E-state index contributed by atoms with van der Waals surface area (Å²) < 4.78 is 27.0. The van der Waals surface area contributed by atoms with Crippen LogP contribution in [-0.2, 0) is 0 Å². The first kappa shape index (κ1) is 15.1. The van der Waals surface area contributed by atoms with Crippen LogP contribution in [0, 0.1) is 24.0 Å². The lowest BCUT2D eigenvalue weighted by Crippen LogP contribution is -2.20. The minimum absolute atomic E-state index is 0.0662. The lowest BCUT2D eigenvalue weighted by atomic mass is 9.87. The zero-order valence-electron chi connectivity index (χ0n) is 11.9. The Hall–Kier alpha value is -0.960. The van der Waals surface area contributed by atoms with Crippen molar-refractivity contribution in [3.8, 4) is 0 Å². The highest BCUT2D eigenvalue weighted by Gasteiger charge is 2.19.